The van der Waals surface area contributed by atoms with Crippen LogP contribution in [0.1, 0.15) is 37.3 Å². The predicted octanol–water partition coefficient (Wildman–Crippen LogP) is 3.98. The molecule has 0 atom stereocenters. The number of sulfonamides is 1. The van der Waals surface area contributed by atoms with Gasteiger partial charge in [-0.1, -0.05) is 35.9 Å². The van der Waals surface area contributed by atoms with Gasteiger partial charge in [0.15, 0.2) is 0 Å². The van der Waals surface area contributed by atoms with Crippen molar-refractivity contribution in [3.63, 3.8) is 0 Å². The molecule has 22 heavy (non-hydrogen) atoms. The lowest BCUT2D eigenvalue weighted by Gasteiger charge is -2.26. The van der Waals surface area contributed by atoms with Gasteiger partial charge < -0.3 is 0 Å². The van der Waals surface area contributed by atoms with Crippen molar-refractivity contribution >= 4 is 10.0 Å². The van der Waals surface area contributed by atoms with E-state index in [0.29, 0.717) is 18.0 Å². The molecule has 0 fully saturated rings. The fourth-order valence-electron chi connectivity index (χ4n) is 2.78. The van der Waals surface area contributed by atoms with Crippen LogP contribution in [0.15, 0.2) is 46.9 Å². The molecule has 1 aromatic rings. The molecule has 1 aliphatic rings. The van der Waals surface area contributed by atoms with Gasteiger partial charge in [-0.25, -0.2) is 8.42 Å². The third kappa shape index (κ3) is 3.68. The van der Waals surface area contributed by atoms with Crippen LogP contribution in [-0.4, -0.2) is 25.8 Å². The molecule has 4 heteroatoms. The summed E-state index contributed by atoms with van der Waals surface area (Å²) >= 11 is 0. The van der Waals surface area contributed by atoms with Crippen LogP contribution in [0.25, 0.3) is 0 Å². The molecule has 0 aliphatic carbocycles. The van der Waals surface area contributed by atoms with Crippen LogP contribution in [-0.2, 0) is 10.0 Å². The average molecular weight is 319 g/mol. The van der Waals surface area contributed by atoms with Gasteiger partial charge in [-0.05, 0) is 57.2 Å². The van der Waals surface area contributed by atoms with E-state index in [1.807, 2.05) is 32.9 Å². The summed E-state index contributed by atoms with van der Waals surface area (Å²) in [5, 5.41) is 0. The summed E-state index contributed by atoms with van der Waals surface area (Å²) in [6.45, 7) is 10.7. The van der Waals surface area contributed by atoms with E-state index in [1.165, 1.54) is 0 Å². The van der Waals surface area contributed by atoms with E-state index in [9.17, 15) is 8.42 Å². The van der Waals surface area contributed by atoms with Crippen LogP contribution < -0.4 is 0 Å². The zero-order valence-electron chi connectivity index (χ0n) is 13.7. The summed E-state index contributed by atoms with van der Waals surface area (Å²) in [6.07, 6.45) is 5.03. The summed E-state index contributed by atoms with van der Waals surface area (Å²) < 4.78 is 27.6. The molecule has 1 aliphatic heterocycles. The summed E-state index contributed by atoms with van der Waals surface area (Å²) in [5.74, 6) is 0. The van der Waals surface area contributed by atoms with E-state index >= 15 is 0 Å². The second-order valence-corrected chi connectivity index (χ2v) is 8.02. The molecule has 2 rings (SSSR count). The number of nitrogens with zero attached hydrogens (tertiary/aromatic N) is 1. The van der Waals surface area contributed by atoms with Crippen molar-refractivity contribution in [3.05, 3.63) is 53.1 Å². The van der Waals surface area contributed by atoms with Crippen LogP contribution in [0.3, 0.4) is 0 Å². The third-order valence-corrected chi connectivity index (χ3v) is 6.10. The lowest BCUT2D eigenvalue weighted by molar-refractivity contribution is 0.418. The first-order valence-corrected chi connectivity index (χ1v) is 9.18. The average Bonchev–Trinajstić information content (AvgIpc) is 2.36. The van der Waals surface area contributed by atoms with Crippen molar-refractivity contribution in [2.24, 2.45) is 0 Å². The number of rotatable bonds is 3. The van der Waals surface area contributed by atoms with Gasteiger partial charge >= 0.3 is 0 Å². The van der Waals surface area contributed by atoms with Crippen LogP contribution in [0.2, 0.25) is 0 Å². The van der Waals surface area contributed by atoms with Gasteiger partial charge in [0.25, 0.3) is 0 Å². The Hall–Kier alpha value is -1.39. The standard InChI is InChI=1S/C18H25NO2S/c1-14(2)17-8-6-5-7-11-19(13-17)22(20,21)18-10-9-15(3)12-16(18)4/h8-10,12H,1,5-7,11,13H2,2-4H3/b17-8+. The van der Waals surface area contributed by atoms with Crippen molar-refractivity contribution in [2.45, 2.75) is 44.9 Å². The van der Waals surface area contributed by atoms with Gasteiger partial charge in [0.2, 0.25) is 10.0 Å². The SMILES string of the molecule is C=C(C)/C1=C/CCCCN(S(=O)(=O)c2ccc(C)cc2C)C1. The Morgan fingerprint density at radius 2 is 1.95 bits per heavy atom. The van der Waals surface area contributed by atoms with Crippen molar-refractivity contribution in [1.29, 1.82) is 0 Å². The molecule has 3 nitrogen and oxygen atoms in total. The van der Waals surface area contributed by atoms with Crippen molar-refractivity contribution in [1.82, 2.24) is 4.31 Å². The molecule has 1 aromatic carbocycles. The number of hydrogen-bond acceptors (Lipinski definition) is 2. The van der Waals surface area contributed by atoms with E-state index < -0.39 is 10.0 Å². The molecular weight excluding hydrogens is 294 g/mol. The normalized spacial score (nSPS) is 19.9. The van der Waals surface area contributed by atoms with Gasteiger partial charge in [0.1, 0.15) is 0 Å². The van der Waals surface area contributed by atoms with Gasteiger partial charge in [-0.3, -0.25) is 0 Å². The smallest absolute Gasteiger partial charge is 0.207 e. The van der Waals surface area contributed by atoms with Crippen LogP contribution >= 0.6 is 0 Å². The fraction of sp³-hybridized carbons (Fsp3) is 0.444. The zero-order valence-corrected chi connectivity index (χ0v) is 14.5. The minimum absolute atomic E-state index is 0.416. The van der Waals surface area contributed by atoms with E-state index in [0.717, 1.165) is 41.5 Å². The van der Waals surface area contributed by atoms with Crippen molar-refractivity contribution in [3.8, 4) is 0 Å². The molecule has 0 N–H and O–H groups in total. The highest BCUT2D eigenvalue weighted by Crippen LogP contribution is 2.25. The molecule has 0 radical (unpaired) electrons. The lowest BCUT2D eigenvalue weighted by atomic mass is 10.0. The molecule has 0 unspecified atom stereocenters. The minimum Gasteiger partial charge on any atom is -0.207 e. The molecule has 0 saturated heterocycles. The Bertz CT molecular complexity index is 702. The van der Waals surface area contributed by atoms with Crippen molar-refractivity contribution in [2.75, 3.05) is 13.1 Å². The predicted molar refractivity (Wildman–Crippen MR) is 91.4 cm³/mol. The summed E-state index contributed by atoms with van der Waals surface area (Å²) in [5.41, 5.74) is 3.87. The molecular formula is C18H25NO2S. The molecule has 0 saturated carbocycles. The summed E-state index contributed by atoms with van der Waals surface area (Å²) in [7, 11) is -3.46. The van der Waals surface area contributed by atoms with E-state index in [1.54, 1.807) is 10.4 Å². The van der Waals surface area contributed by atoms with E-state index in [2.05, 4.69) is 12.7 Å². The maximum Gasteiger partial charge on any atom is 0.243 e. The highest BCUT2D eigenvalue weighted by Gasteiger charge is 2.27. The Labute approximate surface area is 134 Å². The number of benzene rings is 1. The van der Waals surface area contributed by atoms with Gasteiger partial charge in [0.05, 0.1) is 4.90 Å². The molecule has 0 aromatic heterocycles. The molecule has 1 heterocycles. The molecule has 0 bridgehead atoms. The third-order valence-electron chi connectivity index (χ3n) is 4.10. The second kappa shape index (κ2) is 6.80. The Morgan fingerprint density at radius 3 is 2.59 bits per heavy atom. The minimum atomic E-state index is -3.46. The number of allylic oxidation sites excluding steroid dienone is 1. The number of hydrogen-bond donors (Lipinski definition) is 0. The van der Waals surface area contributed by atoms with Gasteiger partial charge in [0, 0.05) is 13.1 Å². The Balaban J connectivity index is 2.40. The van der Waals surface area contributed by atoms with Gasteiger partial charge in [-0.2, -0.15) is 4.31 Å². The second-order valence-electron chi connectivity index (χ2n) is 6.11. The number of aryl methyl sites for hydroxylation is 2. The Kier molecular flexibility index (Phi) is 5.24. The van der Waals surface area contributed by atoms with Crippen LogP contribution in [0, 0.1) is 13.8 Å². The largest absolute Gasteiger partial charge is 0.243 e. The highest BCUT2D eigenvalue weighted by molar-refractivity contribution is 7.89. The Morgan fingerprint density at radius 1 is 1.23 bits per heavy atom. The zero-order chi connectivity index (χ0) is 16.3. The van der Waals surface area contributed by atoms with Crippen molar-refractivity contribution < 1.29 is 8.42 Å². The first-order chi connectivity index (χ1) is 10.3. The van der Waals surface area contributed by atoms with E-state index in [-0.39, 0.29) is 0 Å². The van der Waals surface area contributed by atoms with Crippen LogP contribution in [0.5, 0.6) is 0 Å². The first kappa shape index (κ1) is 17.0. The summed E-state index contributed by atoms with van der Waals surface area (Å²) in [6, 6.07) is 5.51. The highest BCUT2D eigenvalue weighted by atomic mass is 32.2. The molecule has 0 amide bonds. The molecule has 0 spiro atoms. The fourth-order valence-corrected chi connectivity index (χ4v) is 4.45. The topological polar surface area (TPSA) is 37.4 Å². The monoisotopic (exact) mass is 319 g/mol. The maximum absolute atomic E-state index is 13.0. The lowest BCUT2D eigenvalue weighted by Crippen LogP contribution is -2.35. The maximum atomic E-state index is 13.0. The first-order valence-electron chi connectivity index (χ1n) is 7.74. The molecule has 120 valence electrons. The summed E-state index contributed by atoms with van der Waals surface area (Å²) in [4.78, 5) is 0.416. The quantitative estimate of drug-likeness (QED) is 0.845. The van der Waals surface area contributed by atoms with Gasteiger partial charge in [-0.15, -0.1) is 0 Å². The van der Waals surface area contributed by atoms with Crippen LogP contribution in [0.4, 0.5) is 0 Å². The van der Waals surface area contributed by atoms with E-state index in [4.69, 9.17) is 0 Å².